The average molecular weight is 152 g/mol. The maximum absolute atomic E-state index is 10.1. The number of hydrogen-bond acceptors (Lipinski definition) is 4. The van der Waals surface area contributed by atoms with E-state index in [2.05, 4.69) is 4.74 Å². The molecule has 1 N–H and O–H groups in total. The minimum absolute atomic E-state index is 0.156. The normalized spacial score (nSPS) is 12.2. The van der Waals surface area contributed by atoms with Crippen molar-refractivity contribution in [1.29, 1.82) is 0 Å². The Hall–Kier alpha value is -0.620. The van der Waals surface area contributed by atoms with Gasteiger partial charge in [0.05, 0.1) is 6.61 Å². The van der Waals surface area contributed by atoms with Crippen molar-refractivity contribution in [1.82, 2.24) is 4.72 Å². The molecule has 6 heteroatoms. The van der Waals surface area contributed by atoms with Gasteiger partial charge in [0.2, 0.25) is 0 Å². The Balaban J connectivity index is 3.39. The summed E-state index contributed by atoms with van der Waals surface area (Å²) in [7, 11) is 0. The second kappa shape index (κ2) is 4.28. The van der Waals surface area contributed by atoms with E-state index in [1.165, 1.54) is 4.72 Å². The maximum Gasteiger partial charge on any atom is 0.418 e. The first kappa shape index (κ1) is 8.38. The summed E-state index contributed by atoms with van der Waals surface area (Å²) in [6, 6.07) is 0. The molecule has 0 heterocycles. The molecule has 0 aliphatic heterocycles. The fraction of sp³-hybridized carbons (Fsp3) is 0.667. The first-order valence-electron chi connectivity index (χ1n) is 2.19. The lowest BCUT2D eigenvalue weighted by Crippen LogP contribution is -2.25. The van der Waals surface area contributed by atoms with Gasteiger partial charge in [-0.3, -0.25) is 8.93 Å². The van der Waals surface area contributed by atoms with Gasteiger partial charge in [-0.15, -0.1) is 0 Å². The van der Waals surface area contributed by atoms with Gasteiger partial charge in [-0.1, -0.05) is 0 Å². The number of carbonyl (C=O) groups is 1. The molecule has 0 spiro atoms. The topological polar surface area (TPSA) is 78.5 Å². The molecule has 0 saturated heterocycles. The Kier molecular flexibility index (Phi) is 3.98. The Labute approximate surface area is 54.8 Å². The van der Waals surface area contributed by atoms with Gasteiger partial charge in [-0.25, -0.2) is 4.79 Å². The number of rotatable bonds is 2. The summed E-state index contributed by atoms with van der Waals surface area (Å²) in [5.41, 5.74) is 0. The Morgan fingerprint density at radius 1 is 1.89 bits per heavy atom. The lowest BCUT2D eigenvalue weighted by atomic mass is 10.9. The van der Waals surface area contributed by atoms with Crippen molar-refractivity contribution in [3.05, 3.63) is 0 Å². The van der Waals surface area contributed by atoms with Crippen molar-refractivity contribution in [3.8, 4) is 0 Å². The van der Waals surface area contributed by atoms with E-state index < -0.39 is 17.4 Å². The van der Waals surface area contributed by atoms with E-state index in [9.17, 15) is 13.6 Å². The predicted molar refractivity (Wildman–Crippen MR) is 29.1 cm³/mol. The van der Waals surface area contributed by atoms with Crippen molar-refractivity contribution in [3.63, 3.8) is 0 Å². The standard InChI is InChI=1S/C3H7NO4S/c1-2-8-3(5)4-9(6)7/h2H2,1H3,(H,4,5)(H,6,7)/p-1. The first-order chi connectivity index (χ1) is 4.16. The summed E-state index contributed by atoms with van der Waals surface area (Å²) < 4.78 is 25.1. The molecule has 0 rings (SSSR count). The Morgan fingerprint density at radius 3 is 2.78 bits per heavy atom. The lowest BCUT2D eigenvalue weighted by molar-refractivity contribution is 0.158. The van der Waals surface area contributed by atoms with E-state index in [0.29, 0.717) is 0 Å². The van der Waals surface area contributed by atoms with Crippen molar-refractivity contribution in [2.45, 2.75) is 6.92 Å². The molecule has 5 nitrogen and oxygen atoms in total. The maximum atomic E-state index is 10.1. The minimum Gasteiger partial charge on any atom is -0.755 e. The van der Waals surface area contributed by atoms with Crippen molar-refractivity contribution in [2.75, 3.05) is 6.61 Å². The molecule has 0 aromatic carbocycles. The van der Waals surface area contributed by atoms with Gasteiger partial charge in [0.1, 0.15) is 0 Å². The van der Waals surface area contributed by atoms with Crippen molar-refractivity contribution in [2.24, 2.45) is 0 Å². The molecule has 0 bridgehead atoms. The fourth-order valence-corrected chi connectivity index (χ4v) is 0.424. The smallest absolute Gasteiger partial charge is 0.418 e. The van der Waals surface area contributed by atoms with Crippen molar-refractivity contribution < 1.29 is 18.3 Å². The van der Waals surface area contributed by atoms with Gasteiger partial charge < -0.3 is 9.29 Å². The summed E-state index contributed by atoms with van der Waals surface area (Å²) in [4.78, 5) is 10.1. The average Bonchev–Trinajstić information content (AvgIpc) is 1.63. The number of nitrogens with one attached hydrogen (secondary N) is 1. The van der Waals surface area contributed by atoms with Gasteiger partial charge in [-0.2, -0.15) is 0 Å². The summed E-state index contributed by atoms with van der Waals surface area (Å²) in [6.07, 6.45) is -0.953. The molecule has 0 saturated carbocycles. The second-order valence-corrected chi connectivity index (χ2v) is 1.73. The van der Waals surface area contributed by atoms with E-state index >= 15 is 0 Å². The van der Waals surface area contributed by atoms with Crippen molar-refractivity contribution >= 4 is 17.4 Å². The molecule has 0 aliphatic carbocycles. The summed E-state index contributed by atoms with van der Waals surface area (Å²) in [5.74, 6) is 0. The quantitative estimate of drug-likeness (QED) is 0.542. The van der Waals surface area contributed by atoms with Crippen LogP contribution >= 0.6 is 0 Å². The lowest BCUT2D eigenvalue weighted by Gasteiger charge is -2.05. The number of hydrogen-bond donors (Lipinski definition) is 1. The highest BCUT2D eigenvalue weighted by Crippen LogP contribution is 1.75. The highest BCUT2D eigenvalue weighted by atomic mass is 32.2. The second-order valence-electron chi connectivity index (χ2n) is 1.06. The van der Waals surface area contributed by atoms with Gasteiger partial charge in [-0.05, 0) is 6.92 Å². The van der Waals surface area contributed by atoms with Gasteiger partial charge in [0.15, 0.2) is 0 Å². The van der Waals surface area contributed by atoms with E-state index in [4.69, 9.17) is 0 Å². The van der Waals surface area contributed by atoms with Crippen LogP contribution < -0.4 is 4.72 Å². The molecule has 0 aromatic heterocycles. The molecule has 1 amide bonds. The van der Waals surface area contributed by atoms with Crippen LogP contribution in [0, 0.1) is 0 Å². The number of ether oxygens (including phenoxy) is 1. The summed E-state index contributed by atoms with van der Waals surface area (Å²) in [5, 5.41) is 0. The van der Waals surface area contributed by atoms with E-state index in [1.54, 1.807) is 6.92 Å². The molecule has 1 unspecified atom stereocenters. The number of carbonyl (C=O) groups excluding carboxylic acids is 1. The molecule has 0 aliphatic rings. The highest BCUT2D eigenvalue weighted by molar-refractivity contribution is 7.77. The largest absolute Gasteiger partial charge is 0.755 e. The molecular formula is C3H6NO4S-. The van der Waals surface area contributed by atoms with Gasteiger partial charge >= 0.3 is 6.09 Å². The molecule has 9 heavy (non-hydrogen) atoms. The van der Waals surface area contributed by atoms with Crippen LogP contribution in [0.3, 0.4) is 0 Å². The summed E-state index contributed by atoms with van der Waals surface area (Å²) in [6.45, 7) is 1.73. The van der Waals surface area contributed by atoms with E-state index in [-0.39, 0.29) is 6.61 Å². The molecule has 1 atom stereocenters. The molecule has 54 valence electrons. The third kappa shape index (κ3) is 5.25. The SMILES string of the molecule is CCOC(=O)NS(=O)[O-]. The molecule has 0 radical (unpaired) electrons. The zero-order valence-electron chi connectivity index (χ0n) is 4.75. The zero-order chi connectivity index (χ0) is 7.28. The summed E-state index contributed by atoms with van der Waals surface area (Å²) >= 11 is -2.57. The van der Waals surface area contributed by atoms with Gasteiger partial charge in [0, 0.05) is 11.3 Å². The first-order valence-corrected chi connectivity index (χ1v) is 3.27. The minimum atomic E-state index is -2.57. The molecule has 0 fully saturated rings. The van der Waals surface area contributed by atoms with Crippen LogP contribution in [0.4, 0.5) is 4.79 Å². The molecular weight excluding hydrogens is 146 g/mol. The zero-order valence-corrected chi connectivity index (χ0v) is 5.56. The highest BCUT2D eigenvalue weighted by Gasteiger charge is 1.95. The number of amides is 1. The Bertz CT molecular complexity index is 125. The van der Waals surface area contributed by atoms with Crippen LogP contribution in [0.5, 0.6) is 0 Å². The predicted octanol–water partition coefficient (Wildman–Crippen LogP) is -0.473. The van der Waals surface area contributed by atoms with Crippen LogP contribution in [0.15, 0.2) is 0 Å². The van der Waals surface area contributed by atoms with Crippen LogP contribution in [0.25, 0.3) is 0 Å². The Morgan fingerprint density at radius 2 is 2.44 bits per heavy atom. The third-order valence-corrected chi connectivity index (χ3v) is 0.775. The van der Waals surface area contributed by atoms with Crippen LogP contribution in [-0.2, 0) is 16.0 Å². The van der Waals surface area contributed by atoms with Crippen LogP contribution in [0.1, 0.15) is 6.92 Å². The van der Waals surface area contributed by atoms with Crippen LogP contribution in [0.2, 0.25) is 0 Å². The van der Waals surface area contributed by atoms with E-state index in [0.717, 1.165) is 0 Å². The van der Waals surface area contributed by atoms with Crippen LogP contribution in [-0.4, -0.2) is 21.5 Å². The van der Waals surface area contributed by atoms with Gasteiger partial charge in [0.25, 0.3) is 0 Å². The van der Waals surface area contributed by atoms with E-state index in [1.807, 2.05) is 0 Å². The third-order valence-electron chi connectivity index (χ3n) is 0.442. The monoisotopic (exact) mass is 152 g/mol. The fourth-order valence-electron chi connectivity index (χ4n) is 0.229. The molecule has 0 aromatic rings.